The van der Waals surface area contributed by atoms with E-state index in [1.807, 2.05) is 54.6 Å². The first kappa shape index (κ1) is 16.5. The van der Waals surface area contributed by atoms with E-state index in [0.29, 0.717) is 13.2 Å². The first-order chi connectivity index (χ1) is 11.8. The zero-order valence-corrected chi connectivity index (χ0v) is 13.8. The highest BCUT2D eigenvalue weighted by Gasteiger charge is 2.32. The first-order valence-electron chi connectivity index (χ1n) is 8.20. The predicted molar refractivity (Wildman–Crippen MR) is 92.3 cm³/mol. The Kier molecular flexibility index (Phi) is 5.46. The van der Waals surface area contributed by atoms with Gasteiger partial charge in [-0.25, -0.2) is 0 Å². The molecule has 5 nitrogen and oxygen atoms in total. The Labute approximate surface area is 142 Å². The lowest BCUT2D eigenvalue weighted by Gasteiger charge is -2.30. The van der Waals surface area contributed by atoms with Crippen molar-refractivity contribution in [1.29, 1.82) is 0 Å². The van der Waals surface area contributed by atoms with Crippen molar-refractivity contribution in [2.75, 3.05) is 38.7 Å². The topological polar surface area (TPSA) is 52.0 Å². The van der Waals surface area contributed by atoms with Crippen LogP contribution in [0, 0.1) is 0 Å². The molecule has 24 heavy (non-hydrogen) atoms. The van der Waals surface area contributed by atoms with Gasteiger partial charge in [-0.1, -0.05) is 30.3 Å². The summed E-state index contributed by atoms with van der Waals surface area (Å²) in [4.78, 5) is 14.2. The number of hydrogen-bond acceptors (Lipinski definition) is 3. The van der Waals surface area contributed by atoms with Crippen LogP contribution in [0.15, 0.2) is 54.6 Å². The van der Waals surface area contributed by atoms with Gasteiger partial charge in [-0.15, -0.1) is 0 Å². The summed E-state index contributed by atoms with van der Waals surface area (Å²) in [5, 5.41) is 3.03. The summed E-state index contributed by atoms with van der Waals surface area (Å²) in [6.45, 7) is 3.04. The van der Waals surface area contributed by atoms with Gasteiger partial charge in [-0.05, 0) is 24.3 Å². The summed E-state index contributed by atoms with van der Waals surface area (Å²) >= 11 is 0. The largest absolute Gasteiger partial charge is 0.497 e. The van der Waals surface area contributed by atoms with Crippen LogP contribution in [0.25, 0.3) is 0 Å². The van der Waals surface area contributed by atoms with Crippen LogP contribution in [0.4, 0.5) is 5.69 Å². The van der Waals surface area contributed by atoms with E-state index >= 15 is 0 Å². The third-order valence-electron chi connectivity index (χ3n) is 4.30. The maximum absolute atomic E-state index is 13.0. The molecule has 1 heterocycles. The minimum atomic E-state index is -0.239. The lowest BCUT2D eigenvalue weighted by molar-refractivity contribution is -0.929. The number of hydrogen-bond donors (Lipinski definition) is 2. The van der Waals surface area contributed by atoms with E-state index in [9.17, 15) is 4.79 Å². The molecule has 1 atom stereocenters. The van der Waals surface area contributed by atoms with Gasteiger partial charge in [-0.2, -0.15) is 0 Å². The Morgan fingerprint density at radius 3 is 2.38 bits per heavy atom. The summed E-state index contributed by atoms with van der Waals surface area (Å²) < 4.78 is 10.6. The number of nitrogens with one attached hydrogen (secondary N) is 2. The molecule has 1 aliphatic heterocycles. The quantitative estimate of drug-likeness (QED) is 0.870. The van der Waals surface area contributed by atoms with Gasteiger partial charge < -0.3 is 19.7 Å². The molecular formula is C19H23N2O3+. The van der Waals surface area contributed by atoms with Crippen molar-refractivity contribution in [2.24, 2.45) is 0 Å². The summed E-state index contributed by atoms with van der Waals surface area (Å²) in [5.74, 6) is 0.773. The molecule has 1 aliphatic rings. The minimum Gasteiger partial charge on any atom is -0.497 e. The van der Waals surface area contributed by atoms with E-state index in [2.05, 4.69) is 5.32 Å². The van der Waals surface area contributed by atoms with E-state index < -0.39 is 0 Å². The number of anilines is 1. The van der Waals surface area contributed by atoms with Crippen molar-refractivity contribution < 1.29 is 19.2 Å². The van der Waals surface area contributed by atoms with Crippen LogP contribution < -0.4 is 15.0 Å². The number of methoxy groups -OCH3 is 1. The van der Waals surface area contributed by atoms with Crippen LogP contribution in [0.2, 0.25) is 0 Å². The molecule has 0 aliphatic carbocycles. The third kappa shape index (κ3) is 3.93. The molecule has 2 N–H and O–H groups in total. The molecule has 1 unspecified atom stereocenters. The van der Waals surface area contributed by atoms with Gasteiger partial charge in [-0.3, -0.25) is 4.79 Å². The number of carbonyl (C=O) groups excluding carboxylic acids is 1. The van der Waals surface area contributed by atoms with Gasteiger partial charge in [0.15, 0.2) is 6.04 Å². The standard InChI is InChI=1S/C19H22N2O3/c1-23-17-9-7-16(8-10-17)20-19(22)18(15-5-3-2-4-6-15)21-11-13-24-14-12-21/h2-10,18H,11-14H2,1H3,(H,20,22)/p+1. The number of quaternary nitrogens is 1. The molecule has 0 spiro atoms. The molecular weight excluding hydrogens is 304 g/mol. The zero-order chi connectivity index (χ0) is 16.8. The summed E-state index contributed by atoms with van der Waals surface area (Å²) in [6, 6.07) is 17.1. The predicted octanol–water partition coefficient (Wildman–Crippen LogP) is 1.29. The minimum absolute atomic E-state index is 0.00302. The number of carbonyl (C=O) groups is 1. The molecule has 1 fully saturated rings. The average Bonchev–Trinajstić information content (AvgIpc) is 2.64. The van der Waals surface area contributed by atoms with E-state index in [4.69, 9.17) is 9.47 Å². The van der Waals surface area contributed by atoms with Crippen molar-refractivity contribution in [3.8, 4) is 5.75 Å². The van der Waals surface area contributed by atoms with E-state index in [1.165, 1.54) is 4.90 Å². The number of ether oxygens (including phenoxy) is 2. The normalized spacial score (nSPS) is 16.4. The number of morpholine rings is 1. The Bertz CT molecular complexity index is 652. The van der Waals surface area contributed by atoms with Crippen LogP contribution in [0.1, 0.15) is 11.6 Å². The number of rotatable bonds is 5. The summed E-state index contributed by atoms with van der Waals surface area (Å²) in [7, 11) is 1.63. The second kappa shape index (κ2) is 7.95. The van der Waals surface area contributed by atoms with Crippen LogP contribution in [-0.4, -0.2) is 39.3 Å². The van der Waals surface area contributed by atoms with Crippen LogP contribution in [0.3, 0.4) is 0 Å². The Hall–Kier alpha value is -2.37. The van der Waals surface area contributed by atoms with Crippen molar-refractivity contribution in [3.05, 3.63) is 60.2 Å². The SMILES string of the molecule is COc1ccc(NC(=O)C(c2ccccc2)[NH+]2CCOCC2)cc1. The summed E-state index contributed by atoms with van der Waals surface area (Å²) in [6.07, 6.45) is 0. The van der Waals surface area contributed by atoms with Crippen molar-refractivity contribution in [2.45, 2.75) is 6.04 Å². The molecule has 3 rings (SSSR count). The maximum atomic E-state index is 13.0. The fourth-order valence-electron chi connectivity index (χ4n) is 3.03. The number of benzene rings is 2. The molecule has 2 aromatic rings. The average molecular weight is 327 g/mol. The second-order valence-corrected chi connectivity index (χ2v) is 5.83. The van der Waals surface area contributed by atoms with Gasteiger partial charge in [0.1, 0.15) is 18.8 Å². The fourth-order valence-corrected chi connectivity index (χ4v) is 3.03. The van der Waals surface area contributed by atoms with E-state index in [0.717, 1.165) is 30.1 Å². The molecule has 1 amide bonds. The lowest BCUT2D eigenvalue weighted by Crippen LogP contribution is -3.15. The molecule has 0 saturated carbocycles. The fraction of sp³-hybridized carbons (Fsp3) is 0.316. The van der Waals surface area contributed by atoms with E-state index in [1.54, 1.807) is 7.11 Å². The number of amides is 1. The molecule has 126 valence electrons. The van der Waals surface area contributed by atoms with Crippen LogP contribution in [0.5, 0.6) is 5.75 Å². The zero-order valence-electron chi connectivity index (χ0n) is 13.8. The van der Waals surface area contributed by atoms with Crippen molar-refractivity contribution >= 4 is 11.6 Å². The first-order valence-corrected chi connectivity index (χ1v) is 8.20. The molecule has 0 bridgehead atoms. The van der Waals surface area contributed by atoms with E-state index in [-0.39, 0.29) is 11.9 Å². The highest BCUT2D eigenvalue weighted by Crippen LogP contribution is 2.17. The van der Waals surface area contributed by atoms with Crippen LogP contribution in [-0.2, 0) is 9.53 Å². The highest BCUT2D eigenvalue weighted by molar-refractivity contribution is 5.94. The second-order valence-electron chi connectivity index (χ2n) is 5.83. The Morgan fingerprint density at radius 2 is 1.75 bits per heavy atom. The highest BCUT2D eigenvalue weighted by atomic mass is 16.5. The van der Waals surface area contributed by atoms with Crippen LogP contribution >= 0.6 is 0 Å². The van der Waals surface area contributed by atoms with Gasteiger partial charge in [0, 0.05) is 11.3 Å². The van der Waals surface area contributed by atoms with Crippen molar-refractivity contribution in [1.82, 2.24) is 0 Å². The maximum Gasteiger partial charge on any atom is 0.287 e. The van der Waals surface area contributed by atoms with Gasteiger partial charge in [0.2, 0.25) is 0 Å². The monoisotopic (exact) mass is 327 g/mol. The van der Waals surface area contributed by atoms with Gasteiger partial charge in [0.25, 0.3) is 5.91 Å². The molecule has 0 radical (unpaired) electrons. The smallest absolute Gasteiger partial charge is 0.287 e. The molecule has 5 heteroatoms. The lowest BCUT2D eigenvalue weighted by atomic mass is 10.0. The van der Waals surface area contributed by atoms with Gasteiger partial charge >= 0.3 is 0 Å². The summed E-state index contributed by atoms with van der Waals surface area (Å²) in [5.41, 5.74) is 1.80. The van der Waals surface area contributed by atoms with Gasteiger partial charge in [0.05, 0.1) is 20.3 Å². The Balaban J connectivity index is 1.79. The third-order valence-corrected chi connectivity index (χ3v) is 4.30. The van der Waals surface area contributed by atoms with Crippen molar-refractivity contribution in [3.63, 3.8) is 0 Å². The molecule has 2 aromatic carbocycles. The Morgan fingerprint density at radius 1 is 1.08 bits per heavy atom. The molecule has 1 saturated heterocycles. The molecule has 0 aromatic heterocycles.